The van der Waals surface area contributed by atoms with E-state index >= 15 is 0 Å². The SMILES string of the molecule is C1=CCC(/C(=C/C2=CCC(N3C4=C(CCC=C4)/C(=C\c4ccccc4)c4ccccc43)C=C2)c2ccccc2)C=C1. The Morgan fingerprint density at radius 3 is 2.34 bits per heavy atom. The van der Waals surface area contributed by atoms with Gasteiger partial charge in [-0.1, -0.05) is 134 Å². The van der Waals surface area contributed by atoms with Gasteiger partial charge in [0.1, 0.15) is 0 Å². The van der Waals surface area contributed by atoms with Gasteiger partial charge in [-0.25, -0.2) is 0 Å². The van der Waals surface area contributed by atoms with Crippen LogP contribution in [-0.4, -0.2) is 6.04 Å². The minimum absolute atomic E-state index is 0.275. The molecular weight excluding hydrogens is 494 g/mol. The normalized spacial score (nSPS) is 22.5. The summed E-state index contributed by atoms with van der Waals surface area (Å²) in [7, 11) is 0. The molecule has 0 saturated heterocycles. The maximum atomic E-state index is 2.59. The molecule has 200 valence electrons. The summed E-state index contributed by atoms with van der Waals surface area (Å²) in [6.45, 7) is 0. The van der Waals surface area contributed by atoms with E-state index in [1.807, 2.05) is 0 Å². The Bertz CT molecular complexity index is 1670. The number of anilines is 1. The van der Waals surface area contributed by atoms with Crippen molar-refractivity contribution in [1.82, 2.24) is 0 Å². The highest BCUT2D eigenvalue weighted by molar-refractivity contribution is 5.99. The number of allylic oxidation sites excluding steroid dienone is 12. The van der Waals surface area contributed by atoms with Gasteiger partial charge in [-0.3, -0.25) is 0 Å². The molecule has 2 unspecified atom stereocenters. The van der Waals surface area contributed by atoms with Gasteiger partial charge in [-0.05, 0) is 77.3 Å². The fraction of sp³-hybridized carbons (Fsp3) is 0.150. The van der Waals surface area contributed by atoms with Crippen molar-refractivity contribution in [3.8, 4) is 0 Å². The van der Waals surface area contributed by atoms with Gasteiger partial charge in [-0.15, -0.1) is 0 Å². The van der Waals surface area contributed by atoms with Gasteiger partial charge in [0.2, 0.25) is 0 Å². The molecule has 3 aromatic carbocycles. The first-order chi connectivity index (χ1) is 20.3. The molecule has 0 N–H and O–H groups in total. The second-order valence-electron chi connectivity index (χ2n) is 11.1. The maximum absolute atomic E-state index is 2.59. The molecular formula is C40H35N. The van der Waals surface area contributed by atoms with Crippen molar-refractivity contribution in [3.05, 3.63) is 179 Å². The highest BCUT2D eigenvalue weighted by Gasteiger charge is 2.32. The molecule has 3 aromatic rings. The Balaban J connectivity index is 1.24. The quantitative estimate of drug-likeness (QED) is 0.318. The van der Waals surface area contributed by atoms with E-state index < -0.39 is 0 Å². The standard InChI is InChI=1S/C40H35N/c1-4-14-30(15-5-1)29-38-35-20-10-12-22-39(35)41(40-23-13-11-21-36(38)40)34-26-24-31(25-27-34)28-37(32-16-6-2-7-17-32)33-18-8-3-9-19-33/h1-10,12-18,20,22-26,28-29,33-34H,11,19,21,27H2/b37-28+,38-29-. The molecule has 1 heterocycles. The Labute approximate surface area is 244 Å². The number of hydrogen-bond donors (Lipinski definition) is 0. The van der Waals surface area contributed by atoms with Gasteiger partial charge >= 0.3 is 0 Å². The van der Waals surface area contributed by atoms with Crippen LogP contribution in [0.5, 0.6) is 0 Å². The van der Waals surface area contributed by atoms with Crippen molar-refractivity contribution in [2.24, 2.45) is 5.92 Å². The lowest BCUT2D eigenvalue weighted by atomic mass is 9.82. The van der Waals surface area contributed by atoms with E-state index in [4.69, 9.17) is 0 Å². The predicted octanol–water partition coefficient (Wildman–Crippen LogP) is 10.1. The largest absolute Gasteiger partial charge is 0.333 e. The third-order valence-corrected chi connectivity index (χ3v) is 8.54. The number of rotatable bonds is 5. The third-order valence-electron chi connectivity index (χ3n) is 8.54. The average Bonchev–Trinajstić information content (AvgIpc) is 3.05. The maximum Gasteiger partial charge on any atom is 0.0560 e. The molecule has 4 aliphatic rings. The molecule has 0 aromatic heterocycles. The fourth-order valence-corrected chi connectivity index (χ4v) is 6.54. The van der Waals surface area contributed by atoms with Gasteiger partial charge in [0.25, 0.3) is 0 Å². The number of hydrogen-bond acceptors (Lipinski definition) is 1. The zero-order valence-electron chi connectivity index (χ0n) is 23.4. The second kappa shape index (κ2) is 11.5. The summed E-state index contributed by atoms with van der Waals surface area (Å²) in [6, 6.07) is 30.8. The zero-order valence-corrected chi connectivity index (χ0v) is 23.4. The number of benzene rings is 3. The molecule has 7 rings (SSSR count). The molecule has 2 atom stereocenters. The first-order valence-electron chi connectivity index (χ1n) is 14.9. The van der Waals surface area contributed by atoms with E-state index in [0.29, 0.717) is 5.92 Å². The number of nitrogens with zero attached hydrogens (tertiary/aromatic N) is 1. The topological polar surface area (TPSA) is 3.24 Å². The first-order valence-corrected chi connectivity index (χ1v) is 14.9. The van der Waals surface area contributed by atoms with Gasteiger partial charge in [0.15, 0.2) is 0 Å². The summed E-state index contributed by atoms with van der Waals surface area (Å²) in [5, 5.41) is 0. The highest BCUT2D eigenvalue weighted by atomic mass is 15.2. The summed E-state index contributed by atoms with van der Waals surface area (Å²) in [5.41, 5.74) is 12.0. The molecule has 0 fully saturated rings. The van der Waals surface area contributed by atoms with E-state index in [-0.39, 0.29) is 6.04 Å². The van der Waals surface area contributed by atoms with E-state index in [0.717, 1.165) is 25.7 Å². The summed E-state index contributed by atoms with van der Waals surface area (Å²) < 4.78 is 0. The van der Waals surface area contributed by atoms with Gasteiger partial charge in [0.05, 0.1) is 6.04 Å². The number of fused-ring (bicyclic) bond motifs is 1. The Morgan fingerprint density at radius 2 is 1.56 bits per heavy atom. The molecule has 3 aliphatic carbocycles. The summed E-state index contributed by atoms with van der Waals surface area (Å²) in [4.78, 5) is 2.59. The van der Waals surface area contributed by atoms with E-state index in [9.17, 15) is 0 Å². The molecule has 0 radical (unpaired) electrons. The van der Waals surface area contributed by atoms with Crippen LogP contribution in [0.4, 0.5) is 5.69 Å². The molecule has 0 amide bonds. The summed E-state index contributed by atoms with van der Waals surface area (Å²) >= 11 is 0. The van der Waals surface area contributed by atoms with Gasteiger partial charge in [-0.2, -0.15) is 0 Å². The molecule has 0 bridgehead atoms. The zero-order chi connectivity index (χ0) is 27.4. The summed E-state index contributed by atoms with van der Waals surface area (Å²) in [6.07, 6.45) is 29.8. The van der Waals surface area contributed by atoms with Crippen LogP contribution >= 0.6 is 0 Å². The van der Waals surface area contributed by atoms with Crippen LogP contribution in [0.2, 0.25) is 0 Å². The lowest BCUT2D eigenvalue weighted by molar-refractivity contribution is 0.741. The van der Waals surface area contributed by atoms with Crippen molar-refractivity contribution >= 4 is 22.9 Å². The lowest BCUT2D eigenvalue weighted by Gasteiger charge is -2.41. The average molecular weight is 530 g/mol. The van der Waals surface area contributed by atoms with E-state index in [1.54, 1.807) is 0 Å². The molecule has 1 aliphatic heterocycles. The minimum atomic E-state index is 0.275. The van der Waals surface area contributed by atoms with Crippen LogP contribution in [0.25, 0.3) is 17.2 Å². The monoisotopic (exact) mass is 529 g/mol. The summed E-state index contributed by atoms with van der Waals surface area (Å²) in [5.74, 6) is 0.401. The molecule has 0 spiro atoms. The molecule has 41 heavy (non-hydrogen) atoms. The van der Waals surface area contributed by atoms with Crippen molar-refractivity contribution in [1.29, 1.82) is 0 Å². The third kappa shape index (κ3) is 5.16. The van der Waals surface area contributed by atoms with Crippen LogP contribution in [0, 0.1) is 5.92 Å². The minimum Gasteiger partial charge on any atom is -0.333 e. The molecule has 1 nitrogen and oxygen atoms in total. The highest BCUT2D eigenvalue weighted by Crippen LogP contribution is 2.47. The second-order valence-corrected chi connectivity index (χ2v) is 11.1. The van der Waals surface area contributed by atoms with Crippen LogP contribution in [0.1, 0.15) is 42.4 Å². The first kappa shape index (κ1) is 25.4. The number of para-hydroxylation sites is 1. The van der Waals surface area contributed by atoms with Crippen molar-refractivity contribution in [2.75, 3.05) is 4.90 Å². The van der Waals surface area contributed by atoms with E-state index in [1.165, 1.54) is 50.4 Å². The Morgan fingerprint density at radius 1 is 0.756 bits per heavy atom. The molecule has 0 saturated carbocycles. The molecule has 1 heteroatoms. The van der Waals surface area contributed by atoms with Crippen LogP contribution in [0.3, 0.4) is 0 Å². The van der Waals surface area contributed by atoms with Crippen molar-refractivity contribution in [3.63, 3.8) is 0 Å². The van der Waals surface area contributed by atoms with Crippen molar-refractivity contribution < 1.29 is 0 Å². The predicted molar refractivity (Wildman–Crippen MR) is 175 cm³/mol. The van der Waals surface area contributed by atoms with Crippen LogP contribution < -0.4 is 4.90 Å². The van der Waals surface area contributed by atoms with Crippen molar-refractivity contribution in [2.45, 2.75) is 31.7 Å². The van der Waals surface area contributed by atoms with Gasteiger partial charge in [0, 0.05) is 22.9 Å². The smallest absolute Gasteiger partial charge is 0.0560 e. The fourth-order valence-electron chi connectivity index (χ4n) is 6.54. The Hall–Kier alpha value is -4.62. The lowest BCUT2D eigenvalue weighted by Crippen LogP contribution is -2.37. The van der Waals surface area contributed by atoms with Crippen LogP contribution in [-0.2, 0) is 0 Å². The van der Waals surface area contributed by atoms with Crippen LogP contribution in [0.15, 0.2) is 163 Å². The van der Waals surface area contributed by atoms with Gasteiger partial charge < -0.3 is 4.90 Å². The van der Waals surface area contributed by atoms with E-state index in [2.05, 4.69) is 157 Å². The Kier molecular flexibility index (Phi) is 7.09.